The Kier molecular flexibility index (Phi) is 8.28. The fourth-order valence-corrected chi connectivity index (χ4v) is 9.57. The molecule has 9 heteroatoms. The molecule has 4 aromatic rings. The van der Waals surface area contributed by atoms with Crippen LogP contribution in [0.4, 0.5) is 0 Å². The van der Waals surface area contributed by atoms with Crippen molar-refractivity contribution in [3.63, 3.8) is 0 Å². The minimum absolute atomic E-state index is 0.0164. The second-order valence-corrected chi connectivity index (χ2v) is 17.8. The largest absolute Gasteiger partial charge is 0.340 e. The van der Waals surface area contributed by atoms with E-state index in [2.05, 4.69) is 116 Å². The summed E-state index contributed by atoms with van der Waals surface area (Å²) in [5, 5.41) is 0.0605. The summed E-state index contributed by atoms with van der Waals surface area (Å²) in [6.45, 7) is 15.0. The second kappa shape index (κ2) is 12.4. The minimum atomic E-state index is 0.0164. The number of H-pyrrole nitrogens is 2. The smallest absolute Gasteiger partial charge is 0.237 e. The molecule has 8 rings (SSSR count). The van der Waals surface area contributed by atoms with Crippen LogP contribution in [-0.4, -0.2) is 64.6 Å². The maximum Gasteiger partial charge on any atom is 0.237 e. The molecule has 5 heterocycles. The third kappa shape index (κ3) is 5.79. The van der Waals surface area contributed by atoms with E-state index in [0.717, 1.165) is 90.3 Å². The molecule has 4 aliphatic rings. The van der Waals surface area contributed by atoms with Crippen molar-refractivity contribution in [1.29, 1.82) is 0 Å². The zero-order valence-corrected chi connectivity index (χ0v) is 31.0. The molecule has 8 nitrogen and oxygen atoms in total. The maximum atomic E-state index is 13.5. The van der Waals surface area contributed by atoms with E-state index in [-0.39, 0.29) is 39.3 Å². The lowest BCUT2D eigenvalue weighted by atomic mass is 9.91. The van der Waals surface area contributed by atoms with Crippen LogP contribution in [0.15, 0.2) is 48.7 Å². The molecule has 262 valence electrons. The molecular weight excluding hydrogens is 641 g/mol. The number of hydrogen-bond donors (Lipinski definition) is 2. The number of hydrogen-bond acceptors (Lipinski definition) is 5. The van der Waals surface area contributed by atoms with Crippen molar-refractivity contribution in [2.75, 3.05) is 13.1 Å². The first-order chi connectivity index (χ1) is 24.0. The Morgan fingerprint density at radius 2 is 1.52 bits per heavy atom. The number of amides is 2. The van der Waals surface area contributed by atoms with Crippen LogP contribution in [0.2, 0.25) is 0 Å². The molecule has 3 aliphatic heterocycles. The number of imidazole rings is 2. The van der Waals surface area contributed by atoms with Crippen molar-refractivity contribution in [2.24, 2.45) is 23.2 Å². The van der Waals surface area contributed by atoms with Gasteiger partial charge < -0.3 is 19.8 Å². The van der Waals surface area contributed by atoms with Gasteiger partial charge in [0.2, 0.25) is 11.8 Å². The molecule has 6 atom stereocenters. The molecule has 1 aliphatic carbocycles. The Hall–Kier alpha value is -3.85. The molecule has 1 saturated carbocycles. The van der Waals surface area contributed by atoms with Gasteiger partial charge in [0.15, 0.2) is 0 Å². The SMILES string of the molecule is CC(C)C1(C)CC1C(=O)N1CCCC1c1nc2ccc(/C=C/c3ccc(-c4cnc(C5CCCN5C(=O)C5SC5(C)C(C)C)[nH]4)cc3)cc2[nH]1. The van der Waals surface area contributed by atoms with Crippen LogP contribution in [0, 0.1) is 23.2 Å². The standard InChI is InChI=1S/C41H50N6O2S/c1-24(2)40(5)22-29(40)38(48)46-19-8-10-34(46)37-43-30-18-15-27(21-31(30)44-37)12-11-26-13-16-28(17-14-26)32-23-42-36(45-32)33-9-7-20-47(33)39(49)35-41(6,50-35)25(3)4/h11-18,21,23-25,29,33-35H,7-10,19-20,22H2,1-6H3,(H,42,45)(H,43,44)/b12-11+. The Bertz CT molecular complexity index is 1960. The Labute approximate surface area is 299 Å². The summed E-state index contributed by atoms with van der Waals surface area (Å²) >= 11 is 1.81. The molecule has 3 saturated heterocycles. The van der Waals surface area contributed by atoms with Crippen LogP contribution in [-0.2, 0) is 9.59 Å². The summed E-state index contributed by atoms with van der Waals surface area (Å²) in [6, 6.07) is 14.8. The van der Waals surface area contributed by atoms with Gasteiger partial charge in [0.05, 0.1) is 40.3 Å². The van der Waals surface area contributed by atoms with Gasteiger partial charge >= 0.3 is 0 Å². The van der Waals surface area contributed by atoms with Crippen molar-refractivity contribution < 1.29 is 9.59 Å². The topological polar surface area (TPSA) is 98.0 Å². The normalized spacial score (nSPS) is 29.3. The summed E-state index contributed by atoms with van der Waals surface area (Å²) < 4.78 is 0.0516. The number of likely N-dealkylation sites (tertiary alicyclic amines) is 2. The van der Waals surface area contributed by atoms with Gasteiger partial charge in [-0.2, -0.15) is 0 Å². The van der Waals surface area contributed by atoms with Gasteiger partial charge in [-0.1, -0.05) is 77.1 Å². The summed E-state index contributed by atoms with van der Waals surface area (Å²) in [4.78, 5) is 47.9. The number of fused-ring (bicyclic) bond motifs is 1. The highest BCUT2D eigenvalue weighted by Crippen LogP contribution is 2.60. The number of aromatic nitrogens is 4. The van der Waals surface area contributed by atoms with Gasteiger partial charge in [-0.3, -0.25) is 9.59 Å². The fraction of sp³-hybridized carbons (Fsp3) is 0.512. The van der Waals surface area contributed by atoms with Crippen molar-refractivity contribution in [3.8, 4) is 11.3 Å². The van der Waals surface area contributed by atoms with Crippen LogP contribution in [0.3, 0.4) is 0 Å². The fourth-order valence-electron chi connectivity index (χ4n) is 8.25. The Balaban J connectivity index is 0.917. The lowest BCUT2D eigenvalue weighted by Crippen LogP contribution is -2.37. The average Bonchev–Trinajstić information content (AvgIpc) is 3.56. The average molecular weight is 691 g/mol. The number of nitrogens with zero attached hydrogens (tertiary/aromatic N) is 4. The molecule has 0 radical (unpaired) electrons. The molecule has 50 heavy (non-hydrogen) atoms. The van der Waals surface area contributed by atoms with Gasteiger partial charge in [0, 0.05) is 23.8 Å². The van der Waals surface area contributed by atoms with Crippen LogP contribution in [0.5, 0.6) is 0 Å². The van der Waals surface area contributed by atoms with Crippen LogP contribution in [0.25, 0.3) is 34.4 Å². The highest BCUT2D eigenvalue weighted by Gasteiger charge is 2.60. The number of aromatic amines is 2. The summed E-state index contributed by atoms with van der Waals surface area (Å²) in [5.41, 5.74) is 6.30. The molecule has 2 aromatic heterocycles. The van der Waals surface area contributed by atoms with E-state index in [9.17, 15) is 9.59 Å². The zero-order valence-electron chi connectivity index (χ0n) is 30.2. The summed E-state index contributed by atoms with van der Waals surface area (Å²) in [7, 11) is 0. The summed E-state index contributed by atoms with van der Waals surface area (Å²) in [5.74, 6) is 3.49. The number of nitrogens with one attached hydrogen (secondary N) is 2. The first kappa shape index (κ1) is 33.3. The van der Waals surface area contributed by atoms with Crippen molar-refractivity contribution in [3.05, 3.63) is 71.4 Å². The second-order valence-electron chi connectivity index (χ2n) is 16.2. The van der Waals surface area contributed by atoms with Gasteiger partial charge in [0.1, 0.15) is 11.6 Å². The highest BCUT2D eigenvalue weighted by atomic mass is 32.2. The number of carbonyl (C=O) groups excluding carboxylic acids is 2. The third-order valence-electron chi connectivity index (χ3n) is 12.6. The highest BCUT2D eigenvalue weighted by molar-refractivity contribution is 8.09. The van der Waals surface area contributed by atoms with E-state index in [0.29, 0.717) is 17.7 Å². The van der Waals surface area contributed by atoms with Crippen LogP contribution in [0.1, 0.15) is 109 Å². The Morgan fingerprint density at radius 3 is 2.18 bits per heavy atom. The molecular formula is C41H50N6O2S. The lowest BCUT2D eigenvalue weighted by Gasteiger charge is -2.25. The van der Waals surface area contributed by atoms with Gasteiger partial charge in [-0.25, -0.2) is 9.97 Å². The number of rotatable bonds is 9. The zero-order chi connectivity index (χ0) is 34.9. The van der Waals surface area contributed by atoms with E-state index in [4.69, 9.17) is 9.97 Å². The minimum Gasteiger partial charge on any atom is -0.340 e. The lowest BCUT2D eigenvalue weighted by molar-refractivity contribution is -0.134. The molecule has 2 N–H and O–H groups in total. The predicted octanol–water partition coefficient (Wildman–Crippen LogP) is 8.66. The van der Waals surface area contributed by atoms with Gasteiger partial charge in [-0.15, -0.1) is 11.8 Å². The third-order valence-corrected chi connectivity index (χ3v) is 14.5. The molecule has 0 bridgehead atoms. The van der Waals surface area contributed by atoms with Crippen molar-refractivity contribution in [1.82, 2.24) is 29.7 Å². The van der Waals surface area contributed by atoms with E-state index in [1.165, 1.54) is 0 Å². The monoisotopic (exact) mass is 690 g/mol. The van der Waals surface area contributed by atoms with Gasteiger partial charge in [-0.05, 0) is 85.1 Å². The number of benzene rings is 2. The Morgan fingerprint density at radius 1 is 0.860 bits per heavy atom. The predicted molar refractivity (Wildman–Crippen MR) is 202 cm³/mol. The first-order valence-electron chi connectivity index (χ1n) is 18.6. The van der Waals surface area contributed by atoms with E-state index in [1.54, 1.807) is 0 Å². The van der Waals surface area contributed by atoms with E-state index < -0.39 is 0 Å². The number of carbonyl (C=O) groups is 2. The number of thioether (sulfide) groups is 1. The quantitative estimate of drug-likeness (QED) is 0.135. The van der Waals surface area contributed by atoms with E-state index in [1.807, 2.05) is 18.0 Å². The van der Waals surface area contributed by atoms with Gasteiger partial charge in [0.25, 0.3) is 0 Å². The maximum absolute atomic E-state index is 13.5. The first-order valence-corrected chi connectivity index (χ1v) is 19.5. The summed E-state index contributed by atoms with van der Waals surface area (Å²) in [6.07, 6.45) is 11.1. The van der Waals surface area contributed by atoms with Crippen molar-refractivity contribution >= 4 is 46.8 Å². The molecule has 4 fully saturated rings. The van der Waals surface area contributed by atoms with Crippen LogP contribution >= 0.6 is 11.8 Å². The molecule has 2 amide bonds. The van der Waals surface area contributed by atoms with Crippen LogP contribution < -0.4 is 0 Å². The molecule has 0 spiro atoms. The molecule has 2 aromatic carbocycles. The molecule has 6 unspecified atom stereocenters. The van der Waals surface area contributed by atoms with E-state index >= 15 is 0 Å². The van der Waals surface area contributed by atoms with Crippen molar-refractivity contribution in [2.45, 2.75) is 95.7 Å².